The average molecular weight is 469 g/mol. The van der Waals surface area contributed by atoms with E-state index in [0.717, 1.165) is 17.8 Å². The summed E-state index contributed by atoms with van der Waals surface area (Å²) >= 11 is 1.54. The van der Waals surface area contributed by atoms with E-state index in [2.05, 4.69) is 10.3 Å². The Morgan fingerprint density at radius 1 is 0.970 bits per heavy atom. The highest BCUT2D eigenvalue weighted by atomic mass is 32.1. The number of alkyl halides is 3. The minimum absolute atomic E-state index is 0.359. The van der Waals surface area contributed by atoms with Gasteiger partial charge in [-0.2, -0.15) is 13.2 Å². The zero-order valence-corrected chi connectivity index (χ0v) is 18.1. The second-order valence-corrected chi connectivity index (χ2v) is 7.90. The number of amides is 1. The molecular formula is C25H19F3N2O2S. The Morgan fingerprint density at radius 3 is 2.36 bits per heavy atom. The molecule has 3 aromatic carbocycles. The summed E-state index contributed by atoms with van der Waals surface area (Å²) in [5.74, 6) is 0.316. The highest BCUT2D eigenvalue weighted by molar-refractivity contribution is 7.07. The van der Waals surface area contributed by atoms with Crippen molar-refractivity contribution in [1.82, 2.24) is 4.98 Å². The largest absolute Gasteiger partial charge is 0.493 e. The number of nitrogens with one attached hydrogen (secondary N) is 1. The van der Waals surface area contributed by atoms with Gasteiger partial charge in [0.2, 0.25) is 0 Å². The molecule has 1 heterocycles. The number of halogens is 3. The zero-order valence-electron chi connectivity index (χ0n) is 17.3. The van der Waals surface area contributed by atoms with E-state index in [4.69, 9.17) is 4.74 Å². The molecule has 4 aromatic rings. The quantitative estimate of drug-likeness (QED) is 0.328. The smallest absolute Gasteiger partial charge is 0.416 e. The lowest BCUT2D eigenvalue weighted by atomic mass is 9.98. The van der Waals surface area contributed by atoms with Gasteiger partial charge in [-0.15, -0.1) is 11.3 Å². The van der Waals surface area contributed by atoms with Gasteiger partial charge in [0.1, 0.15) is 5.75 Å². The number of aromatic nitrogens is 1. The van der Waals surface area contributed by atoms with Crippen LogP contribution in [0.2, 0.25) is 0 Å². The molecule has 0 atom stereocenters. The van der Waals surface area contributed by atoms with Gasteiger partial charge in [0.05, 0.1) is 23.4 Å². The van der Waals surface area contributed by atoms with Crippen molar-refractivity contribution in [1.29, 1.82) is 0 Å². The van der Waals surface area contributed by atoms with E-state index in [-0.39, 0.29) is 5.91 Å². The molecule has 0 unspecified atom stereocenters. The molecule has 0 spiro atoms. The van der Waals surface area contributed by atoms with Gasteiger partial charge in [-0.05, 0) is 53.6 Å². The molecule has 0 saturated carbocycles. The molecule has 1 amide bonds. The molecule has 0 aliphatic rings. The first kappa shape index (κ1) is 22.5. The fraction of sp³-hybridized carbons (Fsp3) is 0.120. The van der Waals surface area contributed by atoms with Gasteiger partial charge in [0.25, 0.3) is 5.91 Å². The van der Waals surface area contributed by atoms with E-state index >= 15 is 0 Å². The van der Waals surface area contributed by atoms with Crippen LogP contribution >= 0.6 is 11.3 Å². The maximum Gasteiger partial charge on any atom is 0.416 e. The van der Waals surface area contributed by atoms with Crippen LogP contribution in [0.15, 0.2) is 83.7 Å². The lowest BCUT2D eigenvalue weighted by Crippen LogP contribution is -2.13. The van der Waals surface area contributed by atoms with Gasteiger partial charge >= 0.3 is 6.18 Å². The van der Waals surface area contributed by atoms with Crippen LogP contribution < -0.4 is 10.1 Å². The van der Waals surface area contributed by atoms with E-state index in [1.807, 2.05) is 5.38 Å². The molecular weight excluding hydrogens is 449 g/mol. The summed E-state index contributed by atoms with van der Waals surface area (Å²) in [4.78, 5) is 17.1. The third-order valence-electron chi connectivity index (χ3n) is 4.92. The lowest BCUT2D eigenvalue weighted by Gasteiger charge is -2.12. The average Bonchev–Trinajstić information content (AvgIpc) is 3.33. The zero-order chi connectivity index (χ0) is 23.3. The van der Waals surface area contributed by atoms with Crippen LogP contribution in [-0.4, -0.2) is 17.5 Å². The standard InChI is InChI=1S/C25H19F3N2O2S/c26-25(27,28)18-7-5-17(6-8-18)22-3-1-2-4-23(22)24(31)30-19-9-11-21(12-10-19)32-14-13-20-15-33-16-29-20/h1-12,15-16H,13-14H2,(H,30,31). The Morgan fingerprint density at radius 2 is 1.70 bits per heavy atom. The molecule has 0 radical (unpaired) electrons. The van der Waals surface area contributed by atoms with Crippen LogP contribution in [0.5, 0.6) is 5.75 Å². The number of rotatable bonds is 7. The van der Waals surface area contributed by atoms with Crippen molar-refractivity contribution in [2.45, 2.75) is 12.6 Å². The molecule has 4 rings (SSSR count). The Hall–Kier alpha value is -3.65. The molecule has 0 aliphatic heterocycles. The number of carbonyl (C=O) groups is 1. The van der Waals surface area contributed by atoms with Crippen LogP contribution in [0.4, 0.5) is 18.9 Å². The maximum absolute atomic E-state index is 12.9. The second-order valence-electron chi connectivity index (χ2n) is 7.18. The van der Waals surface area contributed by atoms with Gasteiger partial charge in [0.15, 0.2) is 0 Å². The van der Waals surface area contributed by atoms with Crippen molar-refractivity contribution < 1.29 is 22.7 Å². The summed E-state index contributed by atoms with van der Waals surface area (Å²) in [5, 5.41) is 4.80. The van der Waals surface area contributed by atoms with Gasteiger partial charge in [-0.1, -0.05) is 30.3 Å². The van der Waals surface area contributed by atoms with Crippen molar-refractivity contribution in [2.24, 2.45) is 0 Å². The van der Waals surface area contributed by atoms with Crippen molar-refractivity contribution in [3.05, 3.63) is 101 Å². The number of carbonyl (C=O) groups excluding carboxylic acids is 1. The molecule has 0 saturated heterocycles. The molecule has 0 aliphatic carbocycles. The second kappa shape index (κ2) is 9.87. The predicted octanol–water partition coefficient (Wildman–Crippen LogP) is 6.70. The van der Waals surface area contributed by atoms with Crippen molar-refractivity contribution >= 4 is 22.9 Å². The molecule has 1 N–H and O–H groups in total. The molecule has 0 fully saturated rings. The van der Waals surface area contributed by atoms with Crippen LogP contribution in [0.3, 0.4) is 0 Å². The normalized spacial score (nSPS) is 11.2. The first-order valence-electron chi connectivity index (χ1n) is 10.1. The van der Waals surface area contributed by atoms with E-state index in [1.165, 1.54) is 12.1 Å². The van der Waals surface area contributed by atoms with Crippen LogP contribution in [0.1, 0.15) is 21.6 Å². The van der Waals surface area contributed by atoms with E-state index in [0.29, 0.717) is 41.2 Å². The monoisotopic (exact) mass is 468 g/mol. The van der Waals surface area contributed by atoms with E-state index < -0.39 is 11.7 Å². The van der Waals surface area contributed by atoms with E-state index in [9.17, 15) is 18.0 Å². The summed E-state index contributed by atoms with van der Waals surface area (Å²) in [7, 11) is 0. The maximum atomic E-state index is 12.9. The topological polar surface area (TPSA) is 51.2 Å². The molecule has 168 valence electrons. The van der Waals surface area contributed by atoms with Gasteiger partial charge in [0, 0.05) is 23.1 Å². The predicted molar refractivity (Wildman–Crippen MR) is 123 cm³/mol. The third-order valence-corrected chi connectivity index (χ3v) is 5.55. The van der Waals surface area contributed by atoms with Gasteiger partial charge < -0.3 is 10.1 Å². The number of nitrogens with zero attached hydrogens (tertiary/aromatic N) is 1. The summed E-state index contributed by atoms with van der Waals surface area (Å²) in [5.41, 5.74) is 4.04. The molecule has 33 heavy (non-hydrogen) atoms. The number of benzene rings is 3. The minimum Gasteiger partial charge on any atom is -0.493 e. The molecule has 1 aromatic heterocycles. The van der Waals surface area contributed by atoms with Gasteiger partial charge in [-0.25, -0.2) is 4.98 Å². The summed E-state index contributed by atoms with van der Waals surface area (Å²) < 4.78 is 44.3. The fourth-order valence-electron chi connectivity index (χ4n) is 3.24. The summed E-state index contributed by atoms with van der Waals surface area (Å²) in [6, 6.07) is 18.5. The van der Waals surface area contributed by atoms with Crippen LogP contribution in [0, 0.1) is 0 Å². The summed E-state index contributed by atoms with van der Waals surface area (Å²) in [6.07, 6.45) is -3.70. The number of ether oxygens (including phenoxy) is 1. The highest BCUT2D eigenvalue weighted by Crippen LogP contribution is 2.32. The lowest BCUT2D eigenvalue weighted by molar-refractivity contribution is -0.137. The summed E-state index contributed by atoms with van der Waals surface area (Å²) in [6.45, 7) is 0.496. The fourth-order valence-corrected chi connectivity index (χ4v) is 3.83. The van der Waals surface area contributed by atoms with Crippen molar-refractivity contribution in [2.75, 3.05) is 11.9 Å². The number of hydrogen-bond acceptors (Lipinski definition) is 4. The molecule has 8 heteroatoms. The molecule has 0 bridgehead atoms. The van der Waals surface area contributed by atoms with Crippen molar-refractivity contribution in [3.63, 3.8) is 0 Å². The highest BCUT2D eigenvalue weighted by Gasteiger charge is 2.30. The Balaban J connectivity index is 1.42. The molecule has 4 nitrogen and oxygen atoms in total. The van der Waals surface area contributed by atoms with Gasteiger partial charge in [-0.3, -0.25) is 4.79 Å². The Bertz CT molecular complexity index is 1210. The van der Waals surface area contributed by atoms with E-state index in [1.54, 1.807) is 65.4 Å². The number of hydrogen-bond donors (Lipinski definition) is 1. The Kier molecular flexibility index (Phi) is 6.74. The van der Waals surface area contributed by atoms with Crippen LogP contribution in [0.25, 0.3) is 11.1 Å². The van der Waals surface area contributed by atoms with Crippen LogP contribution in [-0.2, 0) is 12.6 Å². The third kappa shape index (κ3) is 5.78. The minimum atomic E-state index is -4.41. The first-order valence-corrected chi connectivity index (χ1v) is 11.0. The first-order chi connectivity index (χ1) is 15.9. The number of anilines is 1. The number of thiazole rings is 1. The van der Waals surface area contributed by atoms with Crippen molar-refractivity contribution in [3.8, 4) is 16.9 Å². The Labute approximate surface area is 192 Å². The SMILES string of the molecule is O=C(Nc1ccc(OCCc2cscn2)cc1)c1ccccc1-c1ccc(C(F)(F)F)cc1.